The molecule has 0 aliphatic heterocycles. The normalized spacial score (nSPS) is 10.1. The molecule has 0 aliphatic rings. The SMILES string of the molecule is COC(=O)c1ccc(C)cc1Nc1cccc(Br)c1. The molecule has 0 atom stereocenters. The van der Waals surface area contributed by atoms with Crippen molar-refractivity contribution < 1.29 is 9.53 Å². The number of carbonyl (C=O) groups excluding carboxylic acids is 1. The number of hydrogen-bond acceptors (Lipinski definition) is 3. The zero-order valence-electron chi connectivity index (χ0n) is 10.7. The van der Waals surface area contributed by atoms with Crippen LogP contribution < -0.4 is 5.32 Å². The summed E-state index contributed by atoms with van der Waals surface area (Å²) in [4.78, 5) is 11.7. The average molecular weight is 320 g/mol. The van der Waals surface area contributed by atoms with Gasteiger partial charge in [0.2, 0.25) is 0 Å². The number of rotatable bonds is 3. The Morgan fingerprint density at radius 3 is 2.68 bits per heavy atom. The van der Waals surface area contributed by atoms with Crippen LogP contribution in [-0.4, -0.2) is 13.1 Å². The molecule has 0 radical (unpaired) electrons. The molecule has 0 fully saturated rings. The number of halogens is 1. The molecule has 3 nitrogen and oxygen atoms in total. The van der Waals surface area contributed by atoms with Crippen molar-refractivity contribution in [2.24, 2.45) is 0 Å². The number of methoxy groups -OCH3 is 1. The highest BCUT2D eigenvalue weighted by Gasteiger charge is 2.12. The molecular formula is C15H14BrNO2. The zero-order chi connectivity index (χ0) is 13.8. The smallest absolute Gasteiger partial charge is 0.339 e. The molecule has 19 heavy (non-hydrogen) atoms. The van der Waals surface area contributed by atoms with Gasteiger partial charge in [-0.25, -0.2) is 4.79 Å². The topological polar surface area (TPSA) is 38.3 Å². The fourth-order valence-electron chi connectivity index (χ4n) is 1.77. The van der Waals surface area contributed by atoms with E-state index in [0.717, 1.165) is 21.4 Å². The Bertz CT molecular complexity index is 611. The predicted molar refractivity (Wildman–Crippen MR) is 79.9 cm³/mol. The van der Waals surface area contributed by atoms with E-state index in [1.807, 2.05) is 43.3 Å². The highest BCUT2D eigenvalue weighted by atomic mass is 79.9. The van der Waals surface area contributed by atoms with E-state index in [0.29, 0.717) is 5.56 Å². The van der Waals surface area contributed by atoms with Crippen LogP contribution in [0.2, 0.25) is 0 Å². The van der Waals surface area contributed by atoms with Crippen LogP contribution in [0.1, 0.15) is 15.9 Å². The molecular weight excluding hydrogens is 306 g/mol. The first-order chi connectivity index (χ1) is 9.10. The molecule has 4 heteroatoms. The van der Waals surface area contributed by atoms with Crippen LogP contribution in [0.15, 0.2) is 46.9 Å². The molecule has 0 aromatic heterocycles. The molecule has 0 unspecified atom stereocenters. The Kier molecular flexibility index (Phi) is 4.22. The summed E-state index contributed by atoms with van der Waals surface area (Å²) in [6.07, 6.45) is 0. The largest absolute Gasteiger partial charge is 0.465 e. The standard InChI is InChI=1S/C15H14BrNO2/c1-10-6-7-13(15(18)19-2)14(8-10)17-12-5-3-4-11(16)9-12/h3-9,17H,1-2H3. The minimum absolute atomic E-state index is 0.350. The van der Waals surface area contributed by atoms with Crippen molar-refractivity contribution in [2.75, 3.05) is 12.4 Å². The average Bonchev–Trinajstić information content (AvgIpc) is 2.38. The van der Waals surface area contributed by atoms with Gasteiger partial charge < -0.3 is 10.1 Å². The van der Waals surface area contributed by atoms with E-state index in [1.165, 1.54) is 7.11 Å². The molecule has 0 bridgehead atoms. The van der Waals surface area contributed by atoms with Crippen LogP contribution in [0.5, 0.6) is 0 Å². The Morgan fingerprint density at radius 2 is 2.00 bits per heavy atom. The number of nitrogens with one attached hydrogen (secondary N) is 1. The summed E-state index contributed by atoms with van der Waals surface area (Å²) in [6.45, 7) is 1.98. The van der Waals surface area contributed by atoms with Gasteiger partial charge in [-0.15, -0.1) is 0 Å². The maximum absolute atomic E-state index is 11.7. The summed E-state index contributed by atoms with van der Waals surface area (Å²) in [5, 5.41) is 3.24. The van der Waals surface area contributed by atoms with Crippen molar-refractivity contribution in [3.63, 3.8) is 0 Å². The van der Waals surface area contributed by atoms with E-state index in [9.17, 15) is 4.79 Å². The van der Waals surface area contributed by atoms with Crippen LogP contribution in [0.3, 0.4) is 0 Å². The molecule has 2 aromatic carbocycles. The number of aryl methyl sites for hydroxylation is 1. The van der Waals surface area contributed by atoms with E-state index in [2.05, 4.69) is 21.2 Å². The van der Waals surface area contributed by atoms with Gasteiger partial charge in [-0.2, -0.15) is 0 Å². The summed E-state index contributed by atoms with van der Waals surface area (Å²) in [5.41, 5.74) is 3.24. The lowest BCUT2D eigenvalue weighted by Gasteiger charge is -2.12. The molecule has 2 aromatic rings. The van der Waals surface area contributed by atoms with E-state index >= 15 is 0 Å². The van der Waals surface area contributed by atoms with Crippen LogP contribution >= 0.6 is 15.9 Å². The number of anilines is 2. The Balaban J connectivity index is 2.38. The van der Waals surface area contributed by atoms with E-state index in [-0.39, 0.29) is 5.97 Å². The van der Waals surface area contributed by atoms with Gasteiger partial charge in [0.1, 0.15) is 0 Å². The second-order valence-electron chi connectivity index (χ2n) is 4.18. The zero-order valence-corrected chi connectivity index (χ0v) is 12.3. The predicted octanol–water partition coefficient (Wildman–Crippen LogP) is 4.29. The highest BCUT2D eigenvalue weighted by Crippen LogP contribution is 2.25. The van der Waals surface area contributed by atoms with Gasteiger partial charge in [0.25, 0.3) is 0 Å². The lowest BCUT2D eigenvalue weighted by Crippen LogP contribution is -2.05. The van der Waals surface area contributed by atoms with Crippen molar-refractivity contribution >= 4 is 33.3 Å². The van der Waals surface area contributed by atoms with Crippen molar-refractivity contribution in [3.05, 3.63) is 58.1 Å². The summed E-state index contributed by atoms with van der Waals surface area (Å²) < 4.78 is 5.77. The number of esters is 1. The molecule has 0 spiro atoms. The van der Waals surface area contributed by atoms with E-state index in [4.69, 9.17) is 4.74 Å². The van der Waals surface area contributed by atoms with Gasteiger partial charge in [-0.05, 0) is 42.8 Å². The fourth-order valence-corrected chi connectivity index (χ4v) is 2.17. The van der Waals surface area contributed by atoms with Crippen LogP contribution in [0.25, 0.3) is 0 Å². The number of carbonyl (C=O) groups is 1. The first-order valence-corrected chi connectivity index (χ1v) is 6.61. The van der Waals surface area contributed by atoms with Crippen LogP contribution in [0.4, 0.5) is 11.4 Å². The van der Waals surface area contributed by atoms with Gasteiger partial charge in [-0.1, -0.05) is 28.1 Å². The van der Waals surface area contributed by atoms with Gasteiger partial charge in [-0.3, -0.25) is 0 Å². The first kappa shape index (κ1) is 13.6. The molecule has 0 amide bonds. The van der Waals surface area contributed by atoms with Crippen LogP contribution in [-0.2, 0) is 4.74 Å². The lowest BCUT2D eigenvalue weighted by molar-refractivity contribution is 0.0602. The van der Waals surface area contributed by atoms with E-state index < -0.39 is 0 Å². The minimum atomic E-state index is -0.350. The highest BCUT2D eigenvalue weighted by molar-refractivity contribution is 9.10. The van der Waals surface area contributed by atoms with Gasteiger partial charge in [0.05, 0.1) is 18.4 Å². The van der Waals surface area contributed by atoms with Gasteiger partial charge in [0, 0.05) is 10.2 Å². The van der Waals surface area contributed by atoms with Crippen molar-refractivity contribution in [3.8, 4) is 0 Å². The second-order valence-corrected chi connectivity index (χ2v) is 5.09. The molecule has 0 aliphatic carbocycles. The molecule has 0 heterocycles. The quantitative estimate of drug-likeness (QED) is 0.858. The number of benzene rings is 2. The minimum Gasteiger partial charge on any atom is -0.465 e. The Labute approximate surface area is 120 Å². The molecule has 2 rings (SSSR count). The third-order valence-corrected chi connectivity index (χ3v) is 3.18. The summed E-state index contributed by atoms with van der Waals surface area (Å²) in [6, 6.07) is 13.3. The molecule has 98 valence electrons. The van der Waals surface area contributed by atoms with Crippen molar-refractivity contribution in [2.45, 2.75) is 6.92 Å². The number of hydrogen-bond donors (Lipinski definition) is 1. The Morgan fingerprint density at radius 1 is 1.21 bits per heavy atom. The Hall–Kier alpha value is -1.81. The number of ether oxygens (including phenoxy) is 1. The molecule has 0 saturated heterocycles. The fraction of sp³-hybridized carbons (Fsp3) is 0.133. The first-order valence-electron chi connectivity index (χ1n) is 5.81. The monoisotopic (exact) mass is 319 g/mol. The van der Waals surface area contributed by atoms with Crippen molar-refractivity contribution in [1.29, 1.82) is 0 Å². The molecule has 0 saturated carbocycles. The summed E-state index contributed by atoms with van der Waals surface area (Å²) in [7, 11) is 1.38. The van der Waals surface area contributed by atoms with Gasteiger partial charge in [0.15, 0.2) is 0 Å². The maximum atomic E-state index is 11.7. The second kappa shape index (κ2) is 5.89. The van der Waals surface area contributed by atoms with Crippen molar-refractivity contribution in [1.82, 2.24) is 0 Å². The summed E-state index contributed by atoms with van der Waals surface area (Å²) >= 11 is 3.42. The third-order valence-electron chi connectivity index (χ3n) is 2.68. The van der Waals surface area contributed by atoms with Gasteiger partial charge >= 0.3 is 5.97 Å². The summed E-state index contributed by atoms with van der Waals surface area (Å²) in [5.74, 6) is -0.350. The maximum Gasteiger partial charge on any atom is 0.339 e. The molecule has 1 N–H and O–H groups in total. The third kappa shape index (κ3) is 3.35. The lowest BCUT2D eigenvalue weighted by atomic mass is 10.1. The van der Waals surface area contributed by atoms with Crippen LogP contribution in [0, 0.1) is 6.92 Å². The van der Waals surface area contributed by atoms with E-state index in [1.54, 1.807) is 6.07 Å².